The van der Waals surface area contributed by atoms with Crippen molar-refractivity contribution in [2.75, 3.05) is 37.3 Å². The lowest BCUT2D eigenvalue weighted by atomic mass is 10.4. The van der Waals surface area contributed by atoms with Crippen molar-refractivity contribution in [3.8, 4) is 0 Å². The van der Waals surface area contributed by atoms with Crippen molar-refractivity contribution in [1.29, 1.82) is 0 Å². The van der Waals surface area contributed by atoms with E-state index < -0.39 is 0 Å². The Morgan fingerprint density at radius 2 is 2.00 bits per heavy atom. The smallest absolute Gasteiger partial charge is 0.241 e. The molecule has 1 saturated heterocycles. The maximum Gasteiger partial charge on any atom is 0.241 e. The summed E-state index contributed by atoms with van der Waals surface area (Å²) in [6, 6.07) is 1.82. The Bertz CT molecular complexity index is 420. The van der Waals surface area contributed by atoms with Crippen LogP contribution in [0, 0.1) is 0 Å². The second-order valence-electron chi connectivity index (χ2n) is 4.60. The van der Waals surface area contributed by atoms with Crippen LogP contribution >= 0.6 is 0 Å². The molecule has 6 nitrogen and oxygen atoms in total. The number of carbonyl (C=O) groups excluding carboxylic acids is 1. The van der Waals surface area contributed by atoms with Crippen molar-refractivity contribution in [3.05, 3.63) is 11.9 Å². The van der Waals surface area contributed by atoms with Crippen molar-refractivity contribution in [3.63, 3.8) is 0 Å². The average molecular weight is 263 g/mol. The lowest BCUT2D eigenvalue weighted by Crippen LogP contribution is -2.33. The molecule has 2 N–H and O–H groups in total. The van der Waals surface area contributed by atoms with Crippen LogP contribution in [-0.2, 0) is 11.2 Å². The highest BCUT2D eigenvalue weighted by molar-refractivity contribution is 5.80. The molecule has 0 aromatic carbocycles. The van der Waals surface area contributed by atoms with Crippen LogP contribution in [0.2, 0.25) is 0 Å². The molecule has 0 spiro atoms. The summed E-state index contributed by atoms with van der Waals surface area (Å²) < 4.78 is 0. The quantitative estimate of drug-likeness (QED) is 0.833. The predicted molar refractivity (Wildman–Crippen MR) is 75.3 cm³/mol. The number of carbonyl (C=O) groups is 1. The highest BCUT2D eigenvalue weighted by Gasteiger charge is 2.17. The maximum atomic E-state index is 11.9. The van der Waals surface area contributed by atoms with Crippen LogP contribution in [0.3, 0.4) is 0 Å². The predicted octanol–water partition coefficient (Wildman–Crippen LogP) is 1.11. The third-order valence-corrected chi connectivity index (χ3v) is 3.22. The number of anilines is 2. The molecule has 1 aliphatic heterocycles. The van der Waals surface area contributed by atoms with Crippen LogP contribution in [0.15, 0.2) is 6.07 Å². The first kappa shape index (κ1) is 13.6. The second-order valence-corrected chi connectivity index (χ2v) is 4.60. The van der Waals surface area contributed by atoms with Crippen molar-refractivity contribution < 1.29 is 4.79 Å². The molecule has 0 radical (unpaired) electrons. The van der Waals surface area contributed by atoms with Gasteiger partial charge in [-0.05, 0) is 12.8 Å². The van der Waals surface area contributed by atoms with Gasteiger partial charge in [0.05, 0.1) is 6.54 Å². The van der Waals surface area contributed by atoms with E-state index in [0.29, 0.717) is 12.4 Å². The van der Waals surface area contributed by atoms with Gasteiger partial charge >= 0.3 is 0 Å². The Labute approximate surface area is 113 Å². The summed E-state index contributed by atoms with van der Waals surface area (Å²) in [4.78, 5) is 22.5. The van der Waals surface area contributed by atoms with Crippen LogP contribution in [0.5, 0.6) is 0 Å². The molecular formula is C13H21N5O. The zero-order valence-corrected chi connectivity index (χ0v) is 11.6. The summed E-state index contributed by atoms with van der Waals surface area (Å²) in [5.41, 5.74) is 0. The summed E-state index contributed by atoms with van der Waals surface area (Å²) >= 11 is 0. The Morgan fingerprint density at radius 3 is 2.63 bits per heavy atom. The van der Waals surface area contributed by atoms with E-state index in [1.165, 1.54) is 0 Å². The van der Waals surface area contributed by atoms with Gasteiger partial charge in [0.2, 0.25) is 5.91 Å². The van der Waals surface area contributed by atoms with Gasteiger partial charge in [0, 0.05) is 32.6 Å². The van der Waals surface area contributed by atoms with E-state index in [4.69, 9.17) is 0 Å². The number of nitrogens with zero attached hydrogens (tertiary/aromatic N) is 3. The standard InChI is InChI=1S/C13H21N5O/c1-3-10-16-11(14-2)8-12(17-10)15-9-13(19)18-6-4-5-7-18/h8H,3-7,9H2,1-2H3,(H2,14,15,16,17). The molecule has 19 heavy (non-hydrogen) atoms. The fourth-order valence-corrected chi connectivity index (χ4v) is 2.12. The average Bonchev–Trinajstić information content (AvgIpc) is 2.98. The molecule has 1 aliphatic rings. The number of rotatable bonds is 5. The summed E-state index contributed by atoms with van der Waals surface area (Å²) in [5.74, 6) is 2.37. The van der Waals surface area contributed by atoms with Gasteiger partial charge in [0.15, 0.2) is 0 Å². The highest BCUT2D eigenvalue weighted by Crippen LogP contribution is 2.12. The number of likely N-dealkylation sites (tertiary alicyclic amines) is 1. The van der Waals surface area contributed by atoms with Gasteiger partial charge in [-0.25, -0.2) is 9.97 Å². The minimum absolute atomic E-state index is 0.139. The van der Waals surface area contributed by atoms with E-state index in [9.17, 15) is 4.79 Å². The Morgan fingerprint density at radius 1 is 1.32 bits per heavy atom. The molecule has 1 aromatic rings. The fraction of sp³-hybridized carbons (Fsp3) is 0.615. The first-order valence-corrected chi connectivity index (χ1v) is 6.80. The van der Waals surface area contributed by atoms with Gasteiger partial charge in [-0.1, -0.05) is 6.92 Å². The molecule has 0 bridgehead atoms. The molecule has 104 valence electrons. The van der Waals surface area contributed by atoms with Crippen molar-refractivity contribution in [2.24, 2.45) is 0 Å². The largest absolute Gasteiger partial charge is 0.373 e. The van der Waals surface area contributed by atoms with Gasteiger partial charge < -0.3 is 15.5 Å². The third-order valence-electron chi connectivity index (χ3n) is 3.22. The van der Waals surface area contributed by atoms with Crippen molar-refractivity contribution in [1.82, 2.24) is 14.9 Å². The summed E-state index contributed by atoms with van der Waals surface area (Å²) in [5, 5.41) is 6.09. The molecule has 0 aliphatic carbocycles. The van der Waals surface area contributed by atoms with E-state index in [1.807, 2.05) is 24.9 Å². The monoisotopic (exact) mass is 263 g/mol. The minimum Gasteiger partial charge on any atom is -0.373 e. The molecule has 0 atom stereocenters. The van der Waals surface area contributed by atoms with Gasteiger partial charge in [0.25, 0.3) is 0 Å². The normalized spacial score (nSPS) is 14.5. The van der Waals surface area contributed by atoms with Gasteiger partial charge in [-0.15, -0.1) is 0 Å². The molecule has 2 heterocycles. The zero-order valence-electron chi connectivity index (χ0n) is 11.6. The number of aromatic nitrogens is 2. The first-order valence-electron chi connectivity index (χ1n) is 6.80. The molecule has 1 amide bonds. The molecule has 1 aromatic heterocycles. The number of aryl methyl sites for hydroxylation is 1. The van der Waals surface area contributed by atoms with Crippen LogP contribution in [-0.4, -0.2) is 47.5 Å². The Hall–Kier alpha value is -1.85. The van der Waals surface area contributed by atoms with Crippen LogP contribution in [0.25, 0.3) is 0 Å². The van der Waals surface area contributed by atoms with Crippen LogP contribution in [0.1, 0.15) is 25.6 Å². The molecular weight excluding hydrogens is 242 g/mol. The van der Waals surface area contributed by atoms with E-state index in [-0.39, 0.29) is 5.91 Å². The lowest BCUT2D eigenvalue weighted by Gasteiger charge is -2.16. The Balaban J connectivity index is 1.96. The number of amides is 1. The fourth-order valence-electron chi connectivity index (χ4n) is 2.12. The van der Waals surface area contributed by atoms with Gasteiger partial charge in [-0.2, -0.15) is 0 Å². The van der Waals surface area contributed by atoms with E-state index in [2.05, 4.69) is 20.6 Å². The van der Waals surface area contributed by atoms with E-state index in [1.54, 1.807) is 0 Å². The Kier molecular flexibility index (Phi) is 4.54. The second kappa shape index (κ2) is 6.36. The van der Waals surface area contributed by atoms with Crippen molar-refractivity contribution in [2.45, 2.75) is 26.2 Å². The molecule has 0 saturated carbocycles. The number of hydrogen-bond donors (Lipinski definition) is 2. The molecule has 6 heteroatoms. The van der Waals surface area contributed by atoms with E-state index in [0.717, 1.165) is 44.0 Å². The van der Waals surface area contributed by atoms with Gasteiger partial charge in [0.1, 0.15) is 17.5 Å². The molecule has 0 unspecified atom stereocenters. The first-order chi connectivity index (χ1) is 9.22. The minimum atomic E-state index is 0.139. The highest BCUT2D eigenvalue weighted by atomic mass is 16.2. The van der Waals surface area contributed by atoms with Gasteiger partial charge in [-0.3, -0.25) is 4.79 Å². The van der Waals surface area contributed by atoms with Crippen LogP contribution in [0.4, 0.5) is 11.6 Å². The SMILES string of the molecule is CCc1nc(NC)cc(NCC(=O)N2CCCC2)n1. The maximum absolute atomic E-state index is 11.9. The van der Waals surface area contributed by atoms with E-state index >= 15 is 0 Å². The topological polar surface area (TPSA) is 70.2 Å². The third kappa shape index (κ3) is 3.56. The zero-order chi connectivity index (χ0) is 13.7. The number of hydrogen-bond acceptors (Lipinski definition) is 5. The number of nitrogens with one attached hydrogen (secondary N) is 2. The summed E-state index contributed by atoms with van der Waals surface area (Å²) in [6.45, 7) is 4.07. The van der Waals surface area contributed by atoms with Crippen molar-refractivity contribution >= 4 is 17.5 Å². The summed E-state index contributed by atoms with van der Waals surface area (Å²) in [6.07, 6.45) is 3.00. The molecule has 2 rings (SSSR count). The van der Waals surface area contributed by atoms with Crippen LogP contribution < -0.4 is 10.6 Å². The lowest BCUT2D eigenvalue weighted by molar-refractivity contribution is -0.128. The molecule has 1 fully saturated rings. The summed E-state index contributed by atoms with van der Waals surface area (Å²) in [7, 11) is 1.82.